The van der Waals surface area contributed by atoms with Gasteiger partial charge in [-0.3, -0.25) is 19.2 Å². The first-order valence-corrected chi connectivity index (χ1v) is 28.1. The number of hydrogen-bond donors (Lipinski definition) is 0. The first kappa shape index (κ1) is 52.1. The quantitative estimate of drug-likeness (QED) is 0.0962. The molecule has 0 radical (unpaired) electrons. The van der Waals surface area contributed by atoms with Crippen LogP contribution in [-0.4, -0.2) is 115 Å². The summed E-state index contributed by atoms with van der Waals surface area (Å²) in [7, 11) is -4.54. The molecule has 2 aromatic rings. The highest BCUT2D eigenvalue weighted by molar-refractivity contribution is 6.75. The molecule has 0 spiro atoms. The summed E-state index contributed by atoms with van der Waals surface area (Å²) in [5.74, 6) is -1.45. The van der Waals surface area contributed by atoms with Gasteiger partial charge >= 0.3 is 23.9 Å². The average molecular weight is 947 g/mol. The first-order valence-electron chi connectivity index (χ1n) is 22.3. The molecular formula is C47H70O16Si2. The highest BCUT2D eigenvalue weighted by atomic mass is 28.4. The molecule has 16 nitrogen and oxygen atoms in total. The minimum Gasteiger partial charge on any atom is -0.541 e. The SMILES string of the molecule is CC(=O)O[C@@H]1[C@@H](OC(C)=O)[C@H](C)O[C@@H](O[C@@H]2[C@@H](OC(C)=O)[C@H](OCCc3ccc(O[Si](C)(C)C(C)(C)C)c(O[Si](C)(C)C(C)(C)C)c3)O[C@@H]3CO[C@@H](c4ccccc4)O[C@@H]23)[C@@H]1OC(C)=O. The normalized spacial score (nSPS) is 28.6. The number of ether oxygens (including phenoxy) is 10. The predicted molar refractivity (Wildman–Crippen MR) is 242 cm³/mol. The van der Waals surface area contributed by atoms with Crippen molar-refractivity contribution in [3.63, 3.8) is 0 Å². The van der Waals surface area contributed by atoms with Crippen molar-refractivity contribution in [2.75, 3.05) is 13.2 Å². The molecule has 0 saturated carbocycles. The maximum atomic E-state index is 13.0. The molecule has 18 heteroatoms. The average Bonchev–Trinajstić information content (AvgIpc) is 3.18. The molecule has 3 saturated heterocycles. The molecule has 5 rings (SSSR count). The van der Waals surface area contributed by atoms with Gasteiger partial charge in [-0.05, 0) is 67.3 Å². The molecule has 0 unspecified atom stereocenters. The van der Waals surface area contributed by atoms with E-state index in [1.54, 1.807) is 6.92 Å². The number of fused-ring (bicyclic) bond motifs is 1. The molecule has 0 N–H and O–H groups in total. The van der Waals surface area contributed by atoms with Crippen LogP contribution in [0, 0.1) is 0 Å². The molecule has 3 heterocycles. The molecular weight excluding hydrogens is 877 g/mol. The Morgan fingerprint density at radius 1 is 0.631 bits per heavy atom. The summed E-state index contributed by atoms with van der Waals surface area (Å²) in [5.41, 5.74) is 1.62. The molecule has 0 bridgehead atoms. The summed E-state index contributed by atoms with van der Waals surface area (Å²) in [6.07, 6.45) is -12.4. The summed E-state index contributed by atoms with van der Waals surface area (Å²) in [6, 6.07) is 15.2. The summed E-state index contributed by atoms with van der Waals surface area (Å²) < 4.78 is 75.3. The summed E-state index contributed by atoms with van der Waals surface area (Å²) in [4.78, 5) is 50.3. The number of carbonyl (C=O) groups is 4. The van der Waals surface area contributed by atoms with Crippen LogP contribution in [0.3, 0.4) is 0 Å². The zero-order valence-corrected chi connectivity index (χ0v) is 42.6. The molecule has 2 aromatic carbocycles. The predicted octanol–water partition coefficient (Wildman–Crippen LogP) is 7.71. The van der Waals surface area contributed by atoms with Crippen LogP contribution in [0.2, 0.25) is 36.3 Å². The Hall–Kier alpha value is -3.89. The fourth-order valence-electron chi connectivity index (χ4n) is 7.19. The van der Waals surface area contributed by atoms with Crippen LogP contribution in [0.5, 0.6) is 11.5 Å². The van der Waals surface area contributed by atoms with E-state index in [0.29, 0.717) is 23.5 Å². The van der Waals surface area contributed by atoms with Crippen molar-refractivity contribution in [3.8, 4) is 11.5 Å². The van der Waals surface area contributed by atoms with E-state index in [9.17, 15) is 19.2 Å². The second kappa shape index (κ2) is 21.0. The topological polar surface area (TPSA) is 179 Å². The van der Waals surface area contributed by atoms with E-state index in [2.05, 4.69) is 67.7 Å². The monoisotopic (exact) mass is 946 g/mol. The van der Waals surface area contributed by atoms with Crippen LogP contribution >= 0.6 is 0 Å². The number of hydrogen-bond acceptors (Lipinski definition) is 16. The number of rotatable bonds is 15. The Morgan fingerprint density at radius 3 is 1.71 bits per heavy atom. The highest BCUT2D eigenvalue weighted by Gasteiger charge is 2.57. The first-order chi connectivity index (χ1) is 30.2. The third-order valence-corrected chi connectivity index (χ3v) is 21.3. The van der Waals surface area contributed by atoms with Gasteiger partial charge in [-0.1, -0.05) is 77.9 Å². The zero-order valence-electron chi connectivity index (χ0n) is 40.6. The van der Waals surface area contributed by atoms with Crippen LogP contribution < -0.4 is 8.85 Å². The van der Waals surface area contributed by atoms with Crippen molar-refractivity contribution in [1.29, 1.82) is 0 Å². The second-order valence-corrected chi connectivity index (χ2v) is 29.4. The standard InChI is InChI=1S/C47H70O16Si2/c1-27-37(55-28(2)48)39(56-29(3)49)42(58-31(5)51)45(54-27)61-40-38-36(26-53-43(60-38)33-19-17-16-18-20-33)59-44(41(40)57-30(4)50)52-24-23-32-21-22-34(62-64(12,13)46(6,7)8)35(25-32)63-65(14,15)47(9,10)11/h16-22,25,27,36-45H,23-24,26H2,1-15H3/t27-,36+,37-,38+,39+,40-,41+,42+,43+,44+,45-/m0/s1. The summed E-state index contributed by atoms with van der Waals surface area (Å²) in [6.45, 7) is 28.5. The molecule has 65 heavy (non-hydrogen) atoms. The van der Waals surface area contributed by atoms with E-state index in [0.717, 1.165) is 5.56 Å². The number of benzene rings is 2. The smallest absolute Gasteiger partial charge is 0.303 e. The van der Waals surface area contributed by atoms with Crippen LogP contribution in [0.4, 0.5) is 0 Å². The number of carbonyl (C=O) groups excluding carboxylic acids is 4. The molecule has 0 aliphatic carbocycles. The van der Waals surface area contributed by atoms with Gasteiger partial charge in [0, 0.05) is 33.3 Å². The van der Waals surface area contributed by atoms with Crippen LogP contribution in [0.1, 0.15) is 93.6 Å². The van der Waals surface area contributed by atoms with Crippen molar-refractivity contribution >= 4 is 40.5 Å². The van der Waals surface area contributed by atoms with Gasteiger partial charge in [0.15, 0.2) is 43.3 Å². The Balaban J connectivity index is 1.48. The van der Waals surface area contributed by atoms with E-state index in [1.165, 1.54) is 27.7 Å². The molecule has 3 aliphatic heterocycles. The maximum absolute atomic E-state index is 13.0. The lowest BCUT2D eigenvalue weighted by atomic mass is 9.95. The van der Waals surface area contributed by atoms with Gasteiger partial charge in [0.1, 0.15) is 29.8 Å². The summed E-state index contributed by atoms with van der Waals surface area (Å²) >= 11 is 0. The lowest BCUT2D eigenvalue weighted by Crippen LogP contribution is -2.67. The van der Waals surface area contributed by atoms with Gasteiger partial charge in [-0.25, -0.2) is 0 Å². The van der Waals surface area contributed by atoms with E-state index in [4.69, 9.17) is 56.2 Å². The molecule has 3 aliphatic rings. The van der Waals surface area contributed by atoms with Crippen LogP contribution in [0.15, 0.2) is 48.5 Å². The fraction of sp³-hybridized carbons (Fsp3) is 0.660. The summed E-state index contributed by atoms with van der Waals surface area (Å²) in [5, 5.41) is -0.109. The van der Waals surface area contributed by atoms with Crippen LogP contribution in [-0.2, 0) is 73.0 Å². The van der Waals surface area contributed by atoms with Crippen molar-refractivity contribution in [2.45, 2.75) is 187 Å². The second-order valence-electron chi connectivity index (χ2n) is 20.0. The van der Waals surface area contributed by atoms with E-state index in [-0.39, 0.29) is 23.3 Å². The van der Waals surface area contributed by atoms with Gasteiger partial charge in [-0.15, -0.1) is 0 Å². The van der Waals surface area contributed by atoms with Crippen molar-refractivity contribution < 1.29 is 75.4 Å². The van der Waals surface area contributed by atoms with Gasteiger partial charge in [0.2, 0.25) is 0 Å². The van der Waals surface area contributed by atoms with E-state index >= 15 is 0 Å². The molecule has 0 amide bonds. The maximum Gasteiger partial charge on any atom is 0.303 e. The zero-order chi connectivity index (χ0) is 48.2. The number of esters is 4. The third-order valence-electron chi connectivity index (χ3n) is 12.6. The lowest BCUT2D eigenvalue weighted by molar-refractivity contribution is -0.391. The van der Waals surface area contributed by atoms with Crippen LogP contribution in [0.25, 0.3) is 0 Å². The minimum atomic E-state index is -2.30. The fourth-order valence-corrected chi connectivity index (χ4v) is 9.23. The minimum absolute atomic E-state index is 0.0283. The molecule has 362 valence electrons. The molecule has 3 fully saturated rings. The Labute approximate surface area is 385 Å². The van der Waals surface area contributed by atoms with Gasteiger partial charge in [0.05, 0.1) is 19.3 Å². The molecule has 0 aromatic heterocycles. The van der Waals surface area contributed by atoms with Crippen molar-refractivity contribution in [1.82, 2.24) is 0 Å². The van der Waals surface area contributed by atoms with Crippen molar-refractivity contribution in [3.05, 3.63) is 59.7 Å². The lowest BCUT2D eigenvalue weighted by Gasteiger charge is -2.50. The van der Waals surface area contributed by atoms with E-state index < -0.39 is 108 Å². The Bertz CT molecular complexity index is 1960. The highest BCUT2D eigenvalue weighted by Crippen LogP contribution is 2.45. The van der Waals surface area contributed by atoms with Gasteiger partial charge in [-0.2, -0.15) is 0 Å². The third kappa shape index (κ3) is 13.2. The van der Waals surface area contributed by atoms with Gasteiger partial charge in [0.25, 0.3) is 16.6 Å². The molecule has 11 atom stereocenters. The Morgan fingerprint density at radius 2 is 1.15 bits per heavy atom. The van der Waals surface area contributed by atoms with Crippen molar-refractivity contribution in [2.24, 2.45) is 0 Å². The largest absolute Gasteiger partial charge is 0.541 e. The Kier molecular flexibility index (Phi) is 16.8. The van der Waals surface area contributed by atoms with Gasteiger partial charge < -0.3 is 56.2 Å². The van der Waals surface area contributed by atoms with E-state index in [1.807, 2.05) is 48.5 Å².